The second kappa shape index (κ2) is 5.73. The fourth-order valence-electron chi connectivity index (χ4n) is 3.51. The lowest BCUT2D eigenvalue weighted by Crippen LogP contribution is -2.45. The van der Waals surface area contributed by atoms with Crippen LogP contribution in [0.2, 0.25) is 0 Å². The van der Waals surface area contributed by atoms with Crippen molar-refractivity contribution in [3.63, 3.8) is 0 Å². The van der Waals surface area contributed by atoms with Crippen molar-refractivity contribution in [1.29, 1.82) is 0 Å². The number of rotatable bonds is 3. The summed E-state index contributed by atoms with van der Waals surface area (Å²) in [6.45, 7) is -0.0249. The first kappa shape index (κ1) is 15.9. The first-order valence-corrected chi connectivity index (χ1v) is 8.81. The van der Waals surface area contributed by atoms with Gasteiger partial charge in [-0.25, -0.2) is 9.59 Å². The van der Waals surface area contributed by atoms with Crippen LogP contribution in [0.25, 0.3) is 0 Å². The Balaban J connectivity index is 1.61. The molecule has 3 amide bonds. The molecule has 25 heavy (non-hydrogen) atoms. The van der Waals surface area contributed by atoms with Crippen LogP contribution in [0.1, 0.15) is 39.6 Å². The lowest BCUT2D eigenvalue weighted by molar-refractivity contribution is -0.132. The normalized spacial score (nSPS) is 22.2. The minimum absolute atomic E-state index is 0.0249. The molecule has 1 atom stereocenters. The number of amides is 3. The molecule has 8 heteroatoms. The van der Waals surface area contributed by atoms with Crippen LogP contribution >= 0.6 is 11.3 Å². The van der Waals surface area contributed by atoms with Crippen molar-refractivity contribution in [1.82, 2.24) is 10.2 Å². The maximum Gasteiger partial charge on any atom is 0.373 e. The van der Waals surface area contributed by atoms with E-state index in [9.17, 15) is 14.4 Å². The Morgan fingerprint density at radius 1 is 1.40 bits per heavy atom. The number of nitrogens with zero attached hydrogens (tertiary/aromatic N) is 1. The number of aryl methyl sites for hydroxylation is 1. The second-order valence-electron chi connectivity index (χ2n) is 6.10. The molecule has 1 aliphatic heterocycles. The summed E-state index contributed by atoms with van der Waals surface area (Å²) >= 11 is 1.61. The summed E-state index contributed by atoms with van der Waals surface area (Å²) in [6.07, 6.45) is 2.36. The van der Waals surface area contributed by atoms with Gasteiger partial charge in [-0.15, -0.1) is 11.3 Å². The smallest absolute Gasteiger partial charge is 0.373 e. The van der Waals surface area contributed by atoms with Crippen LogP contribution in [-0.4, -0.2) is 29.9 Å². The molecular formula is C17H16N2O5S. The molecule has 1 fully saturated rings. The van der Waals surface area contributed by atoms with E-state index in [1.807, 2.05) is 11.4 Å². The van der Waals surface area contributed by atoms with Crippen molar-refractivity contribution in [2.75, 3.05) is 7.11 Å². The average molecular weight is 360 g/mol. The van der Waals surface area contributed by atoms with Gasteiger partial charge in [0, 0.05) is 10.4 Å². The number of hydrogen-bond donors (Lipinski definition) is 1. The molecule has 1 aliphatic carbocycles. The van der Waals surface area contributed by atoms with E-state index in [1.54, 1.807) is 17.4 Å². The van der Waals surface area contributed by atoms with E-state index in [2.05, 4.69) is 10.1 Å². The summed E-state index contributed by atoms with van der Waals surface area (Å²) in [5, 5.41) is 4.84. The maximum absolute atomic E-state index is 13.1. The van der Waals surface area contributed by atoms with Crippen LogP contribution in [-0.2, 0) is 28.0 Å². The Morgan fingerprint density at radius 2 is 2.24 bits per heavy atom. The highest BCUT2D eigenvalue weighted by Gasteiger charge is 2.54. The second-order valence-corrected chi connectivity index (χ2v) is 7.10. The van der Waals surface area contributed by atoms with Gasteiger partial charge in [0.05, 0.1) is 13.7 Å². The average Bonchev–Trinajstić information content (AvgIpc) is 3.31. The largest absolute Gasteiger partial charge is 0.463 e. The number of nitrogens with one attached hydrogen (secondary N) is 1. The summed E-state index contributed by atoms with van der Waals surface area (Å²) in [5.41, 5.74) is -0.0677. The van der Waals surface area contributed by atoms with Crippen molar-refractivity contribution in [2.45, 2.75) is 31.3 Å². The summed E-state index contributed by atoms with van der Waals surface area (Å²) in [4.78, 5) is 39.3. The summed E-state index contributed by atoms with van der Waals surface area (Å²) < 4.78 is 9.97. The van der Waals surface area contributed by atoms with E-state index >= 15 is 0 Å². The van der Waals surface area contributed by atoms with Crippen LogP contribution < -0.4 is 5.32 Å². The number of urea groups is 1. The van der Waals surface area contributed by atoms with Gasteiger partial charge in [0.2, 0.25) is 5.76 Å². The molecule has 7 nitrogen and oxygen atoms in total. The van der Waals surface area contributed by atoms with E-state index < -0.39 is 17.5 Å². The number of ether oxygens (including phenoxy) is 1. The molecule has 3 heterocycles. The lowest BCUT2D eigenvalue weighted by Gasteiger charge is -2.31. The summed E-state index contributed by atoms with van der Waals surface area (Å²) in [6, 6.07) is 4.50. The van der Waals surface area contributed by atoms with Crippen molar-refractivity contribution in [3.05, 3.63) is 45.5 Å². The van der Waals surface area contributed by atoms with E-state index in [4.69, 9.17) is 4.42 Å². The first-order chi connectivity index (χ1) is 12.0. The number of furan rings is 1. The Morgan fingerprint density at radius 3 is 3.04 bits per heavy atom. The molecule has 2 aliphatic rings. The highest BCUT2D eigenvalue weighted by molar-refractivity contribution is 7.10. The van der Waals surface area contributed by atoms with Crippen molar-refractivity contribution < 1.29 is 23.5 Å². The highest BCUT2D eigenvalue weighted by Crippen LogP contribution is 2.42. The Kier molecular flexibility index (Phi) is 3.64. The fraction of sp³-hybridized carbons (Fsp3) is 0.353. The van der Waals surface area contributed by atoms with Gasteiger partial charge in [-0.05, 0) is 42.8 Å². The molecule has 1 N–H and O–H groups in total. The van der Waals surface area contributed by atoms with E-state index in [0.717, 1.165) is 28.2 Å². The topological polar surface area (TPSA) is 88.9 Å². The number of methoxy groups -OCH3 is 1. The zero-order chi connectivity index (χ0) is 17.6. The molecular weight excluding hydrogens is 344 g/mol. The molecule has 2 aromatic heterocycles. The molecule has 0 bridgehead atoms. The predicted molar refractivity (Wildman–Crippen MR) is 88.1 cm³/mol. The van der Waals surface area contributed by atoms with Gasteiger partial charge in [-0.1, -0.05) is 0 Å². The van der Waals surface area contributed by atoms with E-state index in [1.165, 1.54) is 13.2 Å². The molecule has 130 valence electrons. The van der Waals surface area contributed by atoms with E-state index in [-0.39, 0.29) is 18.2 Å². The van der Waals surface area contributed by atoms with Gasteiger partial charge in [0.1, 0.15) is 11.3 Å². The van der Waals surface area contributed by atoms with Crippen LogP contribution in [0.4, 0.5) is 4.79 Å². The third-order valence-electron chi connectivity index (χ3n) is 4.70. The van der Waals surface area contributed by atoms with Crippen LogP contribution in [0, 0.1) is 0 Å². The van der Waals surface area contributed by atoms with Crippen LogP contribution in [0.3, 0.4) is 0 Å². The lowest BCUT2D eigenvalue weighted by atomic mass is 9.80. The van der Waals surface area contributed by atoms with Crippen LogP contribution in [0.15, 0.2) is 28.0 Å². The Labute approximate surface area is 147 Å². The molecule has 4 rings (SSSR count). The zero-order valence-electron chi connectivity index (χ0n) is 13.5. The highest BCUT2D eigenvalue weighted by atomic mass is 32.1. The molecule has 1 saturated heterocycles. The number of imide groups is 1. The third kappa shape index (κ3) is 2.36. The number of hydrogen-bond acceptors (Lipinski definition) is 6. The minimum Gasteiger partial charge on any atom is -0.463 e. The van der Waals surface area contributed by atoms with Crippen molar-refractivity contribution in [2.24, 2.45) is 0 Å². The number of esters is 1. The van der Waals surface area contributed by atoms with Gasteiger partial charge in [0.15, 0.2) is 0 Å². The maximum atomic E-state index is 13.1. The molecule has 2 aromatic rings. The SMILES string of the molecule is COC(=O)c1ccc(CN2C(=O)N[C@]3(CCCc4sccc43)C2=O)o1. The molecule has 0 aromatic carbocycles. The molecule has 0 unspecified atom stereocenters. The monoisotopic (exact) mass is 360 g/mol. The van der Waals surface area contributed by atoms with E-state index in [0.29, 0.717) is 12.2 Å². The van der Waals surface area contributed by atoms with Gasteiger partial charge < -0.3 is 14.5 Å². The van der Waals surface area contributed by atoms with Gasteiger partial charge in [-0.2, -0.15) is 0 Å². The number of carbonyl (C=O) groups excluding carboxylic acids is 3. The number of fused-ring (bicyclic) bond motifs is 2. The zero-order valence-corrected chi connectivity index (χ0v) is 14.4. The number of thiophene rings is 1. The summed E-state index contributed by atoms with van der Waals surface area (Å²) in [5.74, 6) is -0.484. The molecule has 0 saturated carbocycles. The molecule has 0 radical (unpaired) electrons. The van der Waals surface area contributed by atoms with Crippen molar-refractivity contribution >= 4 is 29.2 Å². The number of carbonyl (C=O) groups is 3. The van der Waals surface area contributed by atoms with Gasteiger partial charge >= 0.3 is 12.0 Å². The Hall–Kier alpha value is -2.61. The third-order valence-corrected chi connectivity index (χ3v) is 5.68. The van der Waals surface area contributed by atoms with Crippen molar-refractivity contribution in [3.8, 4) is 0 Å². The fourth-order valence-corrected chi connectivity index (χ4v) is 4.51. The summed E-state index contributed by atoms with van der Waals surface area (Å²) in [7, 11) is 1.26. The van der Waals surface area contributed by atoms with Gasteiger partial charge in [0.25, 0.3) is 5.91 Å². The van der Waals surface area contributed by atoms with Crippen LogP contribution in [0.5, 0.6) is 0 Å². The Bertz CT molecular complexity index is 870. The quantitative estimate of drug-likeness (QED) is 0.671. The standard InChI is InChI=1S/C17H16N2O5S/c1-23-14(20)12-5-4-10(24-12)9-19-15(21)17(18-16(19)22)7-2-3-13-11(17)6-8-25-13/h4-6,8H,2-3,7,9H2,1H3,(H,18,22)/t17-/m0/s1. The molecule has 1 spiro atoms. The predicted octanol–water partition coefficient (Wildman–Crippen LogP) is 2.41. The van der Waals surface area contributed by atoms with Gasteiger partial charge in [-0.3, -0.25) is 9.69 Å². The minimum atomic E-state index is -0.970. The first-order valence-electron chi connectivity index (χ1n) is 7.93.